The first-order valence-corrected chi connectivity index (χ1v) is 7.57. The second-order valence-corrected chi connectivity index (χ2v) is 5.57. The van der Waals surface area contributed by atoms with Gasteiger partial charge in [0.2, 0.25) is 0 Å². The van der Waals surface area contributed by atoms with E-state index in [4.69, 9.17) is 0 Å². The largest absolute Gasteiger partial charge is 0.396 e. The van der Waals surface area contributed by atoms with Crippen molar-refractivity contribution >= 4 is 5.91 Å². The number of carbonyl (C=O) groups excluding carboxylic acids is 1. The van der Waals surface area contributed by atoms with E-state index < -0.39 is 0 Å². The number of rotatable bonds is 4. The van der Waals surface area contributed by atoms with Gasteiger partial charge in [-0.05, 0) is 25.1 Å². The van der Waals surface area contributed by atoms with Crippen molar-refractivity contribution in [3.8, 4) is 0 Å². The fourth-order valence-electron chi connectivity index (χ4n) is 2.97. The van der Waals surface area contributed by atoms with Gasteiger partial charge in [-0.2, -0.15) is 5.10 Å². The zero-order valence-corrected chi connectivity index (χ0v) is 12.6. The number of aryl methyl sites for hydroxylation is 1. The summed E-state index contributed by atoms with van der Waals surface area (Å²) in [6.45, 7) is 3.88. The summed E-state index contributed by atoms with van der Waals surface area (Å²) in [5.41, 5.74) is 1.39. The fraction of sp³-hybridized carbons (Fsp3) is 0.438. The smallest absolute Gasteiger partial charge is 0.274 e. The van der Waals surface area contributed by atoms with Crippen LogP contribution in [0.5, 0.6) is 0 Å². The van der Waals surface area contributed by atoms with Gasteiger partial charge in [-0.1, -0.05) is 6.07 Å². The number of nitrogens with zero attached hydrogens (tertiary/aromatic N) is 4. The Bertz CT molecular complexity index is 641. The standard InChI is InChI=1S/C16H20N4O2/c1-2-20-8-6-15(18-20)16(22)19-9-12(11-21)13(10-19)14-5-3-4-7-17-14/h3-8,12-13,21H,2,9-11H2,1H3/t12-,13+/m0/s1. The number of carbonyl (C=O) groups is 1. The molecule has 0 unspecified atom stereocenters. The van der Waals surface area contributed by atoms with Crippen LogP contribution in [-0.2, 0) is 6.54 Å². The van der Waals surface area contributed by atoms with Crippen LogP contribution < -0.4 is 0 Å². The molecule has 1 fully saturated rings. The van der Waals surface area contributed by atoms with Crippen molar-refractivity contribution < 1.29 is 9.90 Å². The molecule has 6 heteroatoms. The molecule has 1 N–H and O–H groups in total. The average Bonchev–Trinajstić information content (AvgIpc) is 3.21. The van der Waals surface area contributed by atoms with Gasteiger partial charge in [0.15, 0.2) is 0 Å². The van der Waals surface area contributed by atoms with E-state index in [1.807, 2.05) is 31.3 Å². The van der Waals surface area contributed by atoms with Gasteiger partial charge in [-0.3, -0.25) is 14.5 Å². The Morgan fingerprint density at radius 2 is 2.23 bits per heavy atom. The molecule has 22 heavy (non-hydrogen) atoms. The van der Waals surface area contributed by atoms with Crippen molar-refractivity contribution in [1.29, 1.82) is 0 Å². The molecule has 116 valence electrons. The summed E-state index contributed by atoms with van der Waals surface area (Å²) in [6, 6.07) is 7.50. The minimum atomic E-state index is -0.0796. The second kappa shape index (κ2) is 6.27. The first-order chi connectivity index (χ1) is 10.7. The third-order valence-electron chi connectivity index (χ3n) is 4.21. The number of aromatic nitrogens is 3. The Hall–Kier alpha value is -2.21. The molecule has 0 bridgehead atoms. The molecule has 1 saturated heterocycles. The highest BCUT2D eigenvalue weighted by atomic mass is 16.3. The molecule has 2 aromatic heterocycles. The fourth-order valence-corrected chi connectivity index (χ4v) is 2.97. The molecule has 0 aromatic carbocycles. The number of pyridine rings is 1. The second-order valence-electron chi connectivity index (χ2n) is 5.57. The molecule has 0 spiro atoms. The first kappa shape index (κ1) is 14.7. The van der Waals surface area contributed by atoms with E-state index >= 15 is 0 Å². The molecule has 1 aliphatic heterocycles. The zero-order chi connectivity index (χ0) is 15.5. The molecule has 1 aliphatic rings. The van der Waals surface area contributed by atoms with Crippen molar-refractivity contribution in [2.45, 2.75) is 19.4 Å². The first-order valence-electron chi connectivity index (χ1n) is 7.57. The van der Waals surface area contributed by atoms with Crippen LogP contribution >= 0.6 is 0 Å². The quantitative estimate of drug-likeness (QED) is 0.919. The van der Waals surface area contributed by atoms with Gasteiger partial charge in [0.1, 0.15) is 5.69 Å². The number of aliphatic hydroxyl groups excluding tert-OH is 1. The van der Waals surface area contributed by atoms with Crippen LogP contribution in [0.1, 0.15) is 29.0 Å². The predicted octanol–water partition coefficient (Wildman–Crippen LogP) is 1.15. The molecule has 0 radical (unpaired) electrons. The minimum Gasteiger partial charge on any atom is -0.396 e. The molecule has 2 aromatic rings. The topological polar surface area (TPSA) is 71.2 Å². The summed E-state index contributed by atoms with van der Waals surface area (Å²) in [6.07, 6.45) is 3.56. The van der Waals surface area contributed by atoms with Crippen molar-refractivity contribution in [2.24, 2.45) is 5.92 Å². The summed E-state index contributed by atoms with van der Waals surface area (Å²) in [5, 5.41) is 13.9. The van der Waals surface area contributed by atoms with E-state index in [-0.39, 0.29) is 24.3 Å². The van der Waals surface area contributed by atoms with Gasteiger partial charge < -0.3 is 10.0 Å². The van der Waals surface area contributed by atoms with Gasteiger partial charge in [0.25, 0.3) is 5.91 Å². The number of hydrogen-bond acceptors (Lipinski definition) is 4. The summed E-state index contributed by atoms with van der Waals surface area (Å²) in [4.78, 5) is 18.7. The molecule has 3 rings (SSSR count). The van der Waals surface area contributed by atoms with E-state index in [1.165, 1.54) is 0 Å². The number of hydrogen-bond donors (Lipinski definition) is 1. The Kier molecular flexibility index (Phi) is 4.20. The van der Waals surface area contributed by atoms with Crippen LogP contribution in [0, 0.1) is 5.92 Å². The molecule has 2 atom stereocenters. The molecule has 6 nitrogen and oxygen atoms in total. The van der Waals surface area contributed by atoms with Crippen molar-refractivity contribution in [3.05, 3.63) is 48.0 Å². The number of likely N-dealkylation sites (tertiary alicyclic amines) is 1. The van der Waals surface area contributed by atoms with Gasteiger partial charge in [-0.15, -0.1) is 0 Å². The van der Waals surface area contributed by atoms with Crippen LogP contribution in [0.2, 0.25) is 0 Å². The predicted molar refractivity (Wildman–Crippen MR) is 81.4 cm³/mol. The number of amides is 1. The normalized spacial score (nSPS) is 21.3. The van der Waals surface area contributed by atoms with Crippen LogP contribution in [0.4, 0.5) is 0 Å². The van der Waals surface area contributed by atoms with E-state index in [0.29, 0.717) is 18.8 Å². The minimum absolute atomic E-state index is 0.0205. The summed E-state index contributed by atoms with van der Waals surface area (Å²) in [7, 11) is 0. The van der Waals surface area contributed by atoms with E-state index in [9.17, 15) is 9.90 Å². The Morgan fingerprint density at radius 1 is 1.36 bits per heavy atom. The molecule has 1 amide bonds. The van der Waals surface area contributed by atoms with Crippen molar-refractivity contribution in [3.63, 3.8) is 0 Å². The Balaban J connectivity index is 1.77. The Morgan fingerprint density at radius 3 is 2.86 bits per heavy atom. The molecule has 0 saturated carbocycles. The van der Waals surface area contributed by atoms with Gasteiger partial charge in [0, 0.05) is 56.2 Å². The lowest BCUT2D eigenvalue weighted by molar-refractivity contribution is 0.0774. The molecular formula is C16H20N4O2. The van der Waals surface area contributed by atoms with Crippen molar-refractivity contribution in [1.82, 2.24) is 19.7 Å². The van der Waals surface area contributed by atoms with E-state index in [0.717, 1.165) is 12.2 Å². The van der Waals surface area contributed by atoms with E-state index in [2.05, 4.69) is 10.1 Å². The molecule has 0 aliphatic carbocycles. The van der Waals surface area contributed by atoms with Crippen LogP contribution in [-0.4, -0.2) is 50.4 Å². The third kappa shape index (κ3) is 2.74. The van der Waals surface area contributed by atoms with Crippen LogP contribution in [0.25, 0.3) is 0 Å². The highest BCUT2D eigenvalue weighted by molar-refractivity contribution is 5.92. The van der Waals surface area contributed by atoms with Gasteiger partial charge >= 0.3 is 0 Å². The monoisotopic (exact) mass is 300 g/mol. The summed E-state index contributed by atoms with van der Waals surface area (Å²) in [5.74, 6) is 0.0135. The highest BCUT2D eigenvalue weighted by Crippen LogP contribution is 2.31. The lowest BCUT2D eigenvalue weighted by atomic mass is 9.93. The highest BCUT2D eigenvalue weighted by Gasteiger charge is 2.37. The van der Waals surface area contributed by atoms with Gasteiger partial charge in [0.05, 0.1) is 0 Å². The lowest BCUT2D eigenvalue weighted by Gasteiger charge is -2.15. The SMILES string of the molecule is CCn1ccc(C(=O)N2C[C@@H](CO)[C@H](c3ccccn3)C2)n1. The maximum Gasteiger partial charge on any atom is 0.274 e. The lowest BCUT2D eigenvalue weighted by Crippen LogP contribution is -2.29. The zero-order valence-electron chi connectivity index (χ0n) is 12.6. The third-order valence-corrected chi connectivity index (χ3v) is 4.21. The maximum absolute atomic E-state index is 12.6. The van der Waals surface area contributed by atoms with Crippen molar-refractivity contribution in [2.75, 3.05) is 19.7 Å². The van der Waals surface area contributed by atoms with Gasteiger partial charge in [-0.25, -0.2) is 0 Å². The van der Waals surface area contributed by atoms with Crippen LogP contribution in [0.3, 0.4) is 0 Å². The average molecular weight is 300 g/mol. The summed E-state index contributed by atoms with van der Waals surface area (Å²) >= 11 is 0. The van der Waals surface area contributed by atoms with E-state index in [1.54, 1.807) is 21.8 Å². The molecule has 3 heterocycles. The summed E-state index contributed by atoms with van der Waals surface area (Å²) < 4.78 is 1.74. The number of aliphatic hydroxyl groups is 1. The van der Waals surface area contributed by atoms with Crippen LogP contribution in [0.15, 0.2) is 36.7 Å². The maximum atomic E-state index is 12.6. The molecular weight excluding hydrogens is 280 g/mol. The Labute approximate surface area is 129 Å².